The van der Waals surface area contributed by atoms with Crippen molar-refractivity contribution < 1.29 is 9.90 Å². The summed E-state index contributed by atoms with van der Waals surface area (Å²) in [6.45, 7) is 3.50. The first kappa shape index (κ1) is 11.5. The van der Waals surface area contributed by atoms with E-state index in [4.69, 9.17) is 5.11 Å². The molecule has 78 valence electrons. The molecule has 1 aliphatic carbocycles. The van der Waals surface area contributed by atoms with Gasteiger partial charge in [-0.2, -0.15) is 0 Å². The minimum absolute atomic E-state index is 0.584. The molecule has 2 nitrogen and oxygen atoms in total. The van der Waals surface area contributed by atoms with Gasteiger partial charge in [-0.15, -0.1) is 0 Å². The first-order valence-electron chi connectivity index (χ1n) is 4.72. The summed E-state index contributed by atoms with van der Waals surface area (Å²) in [6, 6.07) is 0. The Kier molecular flexibility index (Phi) is 3.53. The lowest BCUT2D eigenvalue weighted by Crippen LogP contribution is -2.22. The molecule has 3 heteroatoms. The zero-order chi connectivity index (χ0) is 10.8. The number of carboxylic acid groups (broad SMARTS) is 1. The number of hydrogen-bond donors (Lipinski definition) is 1. The van der Waals surface area contributed by atoms with Crippen molar-refractivity contribution in [1.29, 1.82) is 0 Å². The third-order valence-electron chi connectivity index (χ3n) is 2.48. The summed E-state index contributed by atoms with van der Waals surface area (Å²) in [6.07, 6.45) is 6.82. The summed E-state index contributed by atoms with van der Waals surface area (Å²) in [7, 11) is 0. The van der Waals surface area contributed by atoms with Crippen LogP contribution in [-0.4, -0.2) is 11.1 Å². The number of carboxylic acids is 1. The first-order valence-corrected chi connectivity index (χ1v) is 5.51. The Balaban J connectivity index is 2.63. The van der Waals surface area contributed by atoms with Crippen LogP contribution in [0.3, 0.4) is 0 Å². The molecular formula is C11H15BrO2. The number of rotatable bonds is 3. The van der Waals surface area contributed by atoms with E-state index < -0.39 is 11.4 Å². The van der Waals surface area contributed by atoms with Crippen LogP contribution in [0.5, 0.6) is 0 Å². The molecule has 0 aliphatic heterocycles. The van der Waals surface area contributed by atoms with Gasteiger partial charge in [0.05, 0.1) is 5.41 Å². The summed E-state index contributed by atoms with van der Waals surface area (Å²) < 4.78 is 1.12. The highest BCUT2D eigenvalue weighted by Gasteiger charge is 2.26. The van der Waals surface area contributed by atoms with Gasteiger partial charge in [-0.25, -0.2) is 0 Å². The van der Waals surface area contributed by atoms with Crippen LogP contribution in [0, 0.1) is 5.41 Å². The highest BCUT2D eigenvalue weighted by molar-refractivity contribution is 9.12. The fourth-order valence-corrected chi connectivity index (χ4v) is 1.86. The van der Waals surface area contributed by atoms with E-state index in [-0.39, 0.29) is 0 Å². The normalized spacial score (nSPS) is 19.9. The molecule has 0 spiro atoms. The average Bonchev–Trinajstić information content (AvgIpc) is 2.47. The summed E-state index contributed by atoms with van der Waals surface area (Å²) in [5.41, 5.74) is 0.572. The van der Waals surface area contributed by atoms with Gasteiger partial charge < -0.3 is 5.11 Å². The van der Waals surface area contributed by atoms with Crippen LogP contribution in [0.25, 0.3) is 0 Å². The molecule has 0 aromatic heterocycles. The number of aliphatic carboxylic acids is 1. The van der Waals surface area contributed by atoms with Gasteiger partial charge in [0.2, 0.25) is 0 Å². The van der Waals surface area contributed by atoms with E-state index in [1.54, 1.807) is 13.8 Å². The van der Waals surface area contributed by atoms with E-state index in [2.05, 4.69) is 22.0 Å². The quantitative estimate of drug-likeness (QED) is 0.842. The Morgan fingerprint density at radius 2 is 2.36 bits per heavy atom. The lowest BCUT2D eigenvalue weighted by atomic mass is 9.88. The molecule has 0 bridgehead atoms. The third-order valence-corrected chi connectivity index (χ3v) is 3.31. The van der Waals surface area contributed by atoms with Gasteiger partial charge in [-0.05, 0) is 38.7 Å². The third kappa shape index (κ3) is 2.71. The highest BCUT2D eigenvalue weighted by Crippen LogP contribution is 2.32. The van der Waals surface area contributed by atoms with E-state index in [9.17, 15) is 4.79 Å². The fraction of sp³-hybridized carbons (Fsp3) is 0.545. The Bertz CT molecular complexity index is 300. The maximum atomic E-state index is 10.9. The van der Waals surface area contributed by atoms with Gasteiger partial charge in [0.1, 0.15) is 0 Å². The number of carbonyl (C=O) groups is 1. The number of hydrogen-bond acceptors (Lipinski definition) is 1. The predicted octanol–water partition coefficient (Wildman–Crippen LogP) is 3.49. The standard InChI is InChI=1S/C11H15BrO2/c1-11(2,10(13)14)7-6-8-4-3-5-9(8)12/h5-6H,3-4,7H2,1-2H3,(H,13,14)/b8-6+. The molecule has 0 saturated carbocycles. The Labute approximate surface area is 92.8 Å². The van der Waals surface area contributed by atoms with Crippen molar-refractivity contribution in [2.75, 3.05) is 0 Å². The van der Waals surface area contributed by atoms with Crippen LogP contribution < -0.4 is 0 Å². The summed E-state index contributed by atoms with van der Waals surface area (Å²) in [5.74, 6) is -0.743. The van der Waals surface area contributed by atoms with Crippen molar-refractivity contribution in [3.05, 3.63) is 22.2 Å². The molecule has 1 aliphatic rings. The van der Waals surface area contributed by atoms with Gasteiger partial charge in [-0.1, -0.05) is 28.1 Å². The molecule has 0 amide bonds. The second kappa shape index (κ2) is 4.30. The number of allylic oxidation sites excluding steroid dienone is 4. The topological polar surface area (TPSA) is 37.3 Å². The second-order valence-electron chi connectivity index (χ2n) is 4.21. The van der Waals surface area contributed by atoms with E-state index in [0.717, 1.165) is 17.3 Å². The Morgan fingerprint density at radius 1 is 1.71 bits per heavy atom. The smallest absolute Gasteiger partial charge is 0.309 e. The molecule has 0 heterocycles. The van der Waals surface area contributed by atoms with Gasteiger partial charge in [0.25, 0.3) is 0 Å². The van der Waals surface area contributed by atoms with E-state index in [1.807, 2.05) is 6.08 Å². The molecule has 1 N–H and O–H groups in total. The first-order chi connectivity index (χ1) is 6.43. The second-order valence-corrected chi connectivity index (χ2v) is 5.07. The van der Waals surface area contributed by atoms with E-state index in [0.29, 0.717) is 6.42 Å². The van der Waals surface area contributed by atoms with Gasteiger partial charge in [0.15, 0.2) is 0 Å². The van der Waals surface area contributed by atoms with Crippen LogP contribution in [0.2, 0.25) is 0 Å². The minimum atomic E-state index is -0.743. The monoisotopic (exact) mass is 258 g/mol. The van der Waals surface area contributed by atoms with Crippen molar-refractivity contribution >= 4 is 21.9 Å². The summed E-state index contributed by atoms with van der Waals surface area (Å²) in [5, 5.41) is 8.93. The molecule has 0 radical (unpaired) electrons. The minimum Gasteiger partial charge on any atom is -0.481 e. The molecule has 1 rings (SSSR count). The van der Waals surface area contributed by atoms with E-state index >= 15 is 0 Å². The van der Waals surface area contributed by atoms with Gasteiger partial charge in [-0.3, -0.25) is 4.79 Å². The average molecular weight is 259 g/mol. The predicted molar refractivity (Wildman–Crippen MR) is 60.4 cm³/mol. The molecule has 0 fully saturated rings. The molecule has 0 atom stereocenters. The Hall–Kier alpha value is -0.570. The lowest BCUT2D eigenvalue weighted by molar-refractivity contribution is -0.146. The van der Waals surface area contributed by atoms with Gasteiger partial charge in [0, 0.05) is 4.48 Å². The van der Waals surface area contributed by atoms with Gasteiger partial charge >= 0.3 is 5.97 Å². The van der Waals surface area contributed by atoms with Crippen LogP contribution >= 0.6 is 15.9 Å². The van der Waals surface area contributed by atoms with Crippen LogP contribution in [0.4, 0.5) is 0 Å². The van der Waals surface area contributed by atoms with Crippen molar-refractivity contribution in [1.82, 2.24) is 0 Å². The molecular weight excluding hydrogens is 244 g/mol. The van der Waals surface area contributed by atoms with Crippen LogP contribution in [0.15, 0.2) is 22.2 Å². The lowest BCUT2D eigenvalue weighted by Gasteiger charge is -2.16. The van der Waals surface area contributed by atoms with Crippen molar-refractivity contribution in [3.8, 4) is 0 Å². The van der Waals surface area contributed by atoms with E-state index in [1.165, 1.54) is 5.57 Å². The Morgan fingerprint density at radius 3 is 2.79 bits per heavy atom. The zero-order valence-electron chi connectivity index (χ0n) is 8.51. The largest absolute Gasteiger partial charge is 0.481 e. The molecule has 0 aromatic rings. The van der Waals surface area contributed by atoms with Crippen molar-refractivity contribution in [2.24, 2.45) is 5.41 Å². The number of halogens is 1. The highest BCUT2D eigenvalue weighted by atomic mass is 79.9. The van der Waals surface area contributed by atoms with Crippen molar-refractivity contribution in [2.45, 2.75) is 33.1 Å². The maximum Gasteiger partial charge on any atom is 0.309 e. The zero-order valence-corrected chi connectivity index (χ0v) is 10.1. The SMILES string of the molecule is CC(C)(C/C=C1\CCC=C1Br)C(=O)O. The summed E-state index contributed by atoms with van der Waals surface area (Å²) in [4.78, 5) is 10.9. The molecule has 0 unspecified atom stereocenters. The van der Waals surface area contributed by atoms with Crippen LogP contribution in [0.1, 0.15) is 33.1 Å². The molecule has 14 heavy (non-hydrogen) atoms. The van der Waals surface area contributed by atoms with Crippen LogP contribution in [-0.2, 0) is 4.79 Å². The molecule has 0 aromatic carbocycles. The maximum absolute atomic E-state index is 10.9. The van der Waals surface area contributed by atoms with Crippen molar-refractivity contribution in [3.63, 3.8) is 0 Å². The summed E-state index contributed by atoms with van der Waals surface area (Å²) >= 11 is 3.45. The fourth-order valence-electron chi connectivity index (χ4n) is 1.27. The molecule has 0 saturated heterocycles.